The van der Waals surface area contributed by atoms with E-state index in [1.54, 1.807) is 6.20 Å². The monoisotopic (exact) mass is 331 g/mol. The molecule has 1 heterocycles. The Kier molecular flexibility index (Phi) is 5.19. The van der Waals surface area contributed by atoms with Gasteiger partial charge in [0.2, 0.25) is 5.91 Å². The Morgan fingerprint density at radius 1 is 1.30 bits per heavy atom. The SMILES string of the molecule is Cc1cccc(-n2ccnc2S[C@@H](C)C(=O)NC(C)(C)C)c1C. The second-order valence-electron chi connectivity index (χ2n) is 6.80. The van der Waals surface area contributed by atoms with Crippen molar-refractivity contribution in [2.75, 3.05) is 0 Å². The number of nitrogens with one attached hydrogen (secondary N) is 1. The molecule has 5 heteroatoms. The van der Waals surface area contributed by atoms with Gasteiger partial charge in [0.15, 0.2) is 5.16 Å². The molecule has 2 rings (SSSR count). The Morgan fingerprint density at radius 2 is 2.00 bits per heavy atom. The van der Waals surface area contributed by atoms with E-state index in [1.165, 1.54) is 22.9 Å². The fourth-order valence-corrected chi connectivity index (χ4v) is 3.12. The smallest absolute Gasteiger partial charge is 0.233 e. The number of rotatable bonds is 4. The van der Waals surface area contributed by atoms with Gasteiger partial charge in [-0.2, -0.15) is 0 Å². The summed E-state index contributed by atoms with van der Waals surface area (Å²) in [6.07, 6.45) is 3.72. The van der Waals surface area contributed by atoms with Gasteiger partial charge in [0.1, 0.15) is 0 Å². The minimum Gasteiger partial charge on any atom is -0.351 e. The van der Waals surface area contributed by atoms with Crippen molar-refractivity contribution < 1.29 is 4.79 Å². The molecule has 0 saturated carbocycles. The molecule has 0 radical (unpaired) electrons. The highest BCUT2D eigenvalue weighted by Gasteiger charge is 2.22. The molecule has 1 aromatic carbocycles. The highest BCUT2D eigenvalue weighted by atomic mass is 32.2. The quantitative estimate of drug-likeness (QED) is 0.865. The third kappa shape index (κ3) is 4.38. The molecule has 2 aromatic rings. The summed E-state index contributed by atoms with van der Waals surface area (Å²) in [6.45, 7) is 12.1. The van der Waals surface area contributed by atoms with Gasteiger partial charge in [0, 0.05) is 17.9 Å². The van der Waals surface area contributed by atoms with Crippen molar-refractivity contribution in [1.29, 1.82) is 0 Å². The molecule has 124 valence electrons. The number of imidazole rings is 1. The van der Waals surface area contributed by atoms with E-state index in [0.29, 0.717) is 0 Å². The summed E-state index contributed by atoms with van der Waals surface area (Å²) in [4.78, 5) is 16.7. The molecular formula is C18H25N3OS. The molecule has 1 N–H and O–H groups in total. The Morgan fingerprint density at radius 3 is 2.65 bits per heavy atom. The van der Waals surface area contributed by atoms with Gasteiger partial charge in [0.05, 0.1) is 10.9 Å². The number of hydrogen-bond donors (Lipinski definition) is 1. The number of amides is 1. The molecular weight excluding hydrogens is 306 g/mol. The Hall–Kier alpha value is -1.75. The highest BCUT2D eigenvalue weighted by molar-refractivity contribution is 8.00. The zero-order chi connectivity index (χ0) is 17.2. The van der Waals surface area contributed by atoms with E-state index in [4.69, 9.17) is 0 Å². The zero-order valence-electron chi connectivity index (χ0n) is 14.7. The average molecular weight is 331 g/mol. The number of aryl methyl sites for hydroxylation is 1. The summed E-state index contributed by atoms with van der Waals surface area (Å²) >= 11 is 1.47. The van der Waals surface area contributed by atoms with Crippen molar-refractivity contribution in [3.63, 3.8) is 0 Å². The summed E-state index contributed by atoms with van der Waals surface area (Å²) in [5.74, 6) is 0.0259. The molecule has 0 saturated heterocycles. The lowest BCUT2D eigenvalue weighted by Gasteiger charge is -2.23. The van der Waals surface area contributed by atoms with E-state index in [9.17, 15) is 4.79 Å². The lowest BCUT2D eigenvalue weighted by Crippen LogP contribution is -2.44. The van der Waals surface area contributed by atoms with E-state index in [2.05, 4.69) is 36.3 Å². The number of nitrogens with zero attached hydrogens (tertiary/aromatic N) is 2. The third-order valence-electron chi connectivity index (χ3n) is 3.59. The maximum absolute atomic E-state index is 12.3. The molecule has 1 atom stereocenters. The summed E-state index contributed by atoms with van der Waals surface area (Å²) in [5, 5.41) is 3.64. The van der Waals surface area contributed by atoms with Gasteiger partial charge in [-0.3, -0.25) is 9.36 Å². The second kappa shape index (κ2) is 6.79. The summed E-state index contributed by atoms with van der Waals surface area (Å²) in [5.41, 5.74) is 3.34. The maximum atomic E-state index is 12.3. The van der Waals surface area contributed by atoms with E-state index in [1.807, 2.05) is 44.5 Å². The van der Waals surface area contributed by atoms with Crippen LogP contribution < -0.4 is 5.32 Å². The van der Waals surface area contributed by atoms with Crippen LogP contribution in [-0.4, -0.2) is 26.2 Å². The molecule has 23 heavy (non-hydrogen) atoms. The molecule has 0 bridgehead atoms. The van der Waals surface area contributed by atoms with Crippen LogP contribution in [0.5, 0.6) is 0 Å². The van der Waals surface area contributed by atoms with Crippen LogP contribution >= 0.6 is 11.8 Å². The largest absolute Gasteiger partial charge is 0.351 e. The lowest BCUT2D eigenvalue weighted by atomic mass is 10.1. The van der Waals surface area contributed by atoms with Gasteiger partial charge in [-0.1, -0.05) is 23.9 Å². The van der Waals surface area contributed by atoms with Crippen molar-refractivity contribution >= 4 is 17.7 Å². The van der Waals surface area contributed by atoms with Gasteiger partial charge >= 0.3 is 0 Å². The van der Waals surface area contributed by atoms with Gasteiger partial charge in [-0.05, 0) is 58.7 Å². The molecule has 1 amide bonds. The van der Waals surface area contributed by atoms with Crippen LogP contribution in [0.3, 0.4) is 0 Å². The standard InChI is InChI=1S/C18H25N3OS/c1-12-8-7-9-15(13(12)2)21-11-10-19-17(21)23-14(3)16(22)20-18(4,5)6/h7-11,14H,1-6H3,(H,20,22)/t14-/m0/s1. The minimum absolute atomic E-state index is 0.0259. The topological polar surface area (TPSA) is 46.9 Å². The van der Waals surface area contributed by atoms with Crippen molar-refractivity contribution in [2.24, 2.45) is 0 Å². The molecule has 0 unspecified atom stereocenters. The number of hydrogen-bond acceptors (Lipinski definition) is 3. The number of carbonyl (C=O) groups is 1. The van der Waals surface area contributed by atoms with Crippen molar-refractivity contribution in [1.82, 2.24) is 14.9 Å². The van der Waals surface area contributed by atoms with E-state index < -0.39 is 0 Å². The van der Waals surface area contributed by atoms with Crippen LogP contribution in [0.1, 0.15) is 38.8 Å². The molecule has 0 spiro atoms. The van der Waals surface area contributed by atoms with Crippen LogP contribution in [0.2, 0.25) is 0 Å². The predicted octanol–water partition coefficient (Wildman–Crippen LogP) is 3.88. The Balaban J connectivity index is 2.22. The van der Waals surface area contributed by atoms with Crippen molar-refractivity contribution in [3.05, 3.63) is 41.7 Å². The first-order chi connectivity index (χ1) is 10.7. The first-order valence-electron chi connectivity index (χ1n) is 7.77. The molecule has 4 nitrogen and oxygen atoms in total. The van der Waals surface area contributed by atoms with Crippen LogP contribution in [0.15, 0.2) is 35.7 Å². The van der Waals surface area contributed by atoms with Crippen LogP contribution in [0, 0.1) is 13.8 Å². The molecule has 0 aliphatic carbocycles. The number of benzene rings is 1. The number of carbonyl (C=O) groups excluding carboxylic acids is 1. The number of aromatic nitrogens is 2. The fraction of sp³-hybridized carbons (Fsp3) is 0.444. The first kappa shape index (κ1) is 17.6. The number of thioether (sulfide) groups is 1. The van der Waals surface area contributed by atoms with Crippen molar-refractivity contribution in [3.8, 4) is 5.69 Å². The van der Waals surface area contributed by atoms with Gasteiger partial charge < -0.3 is 5.32 Å². The van der Waals surface area contributed by atoms with Gasteiger partial charge in [-0.15, -0.1) is 0 Å². The van der Waals surface area contributed by atoms with Gasteiger partial charge in [-0.25, -0.2) is 4.98 Å². The van der Waals surface area contributed by atoms with Crippen LogP contribution in [0.25, 0.3) is 5.69 Å². The maximum Gasteiger partial charge on any atom is 0.233 e. The average Bonchev–Trinajstić information content (AvgIpc) is 2.88. The van der Waals surface area contributed by atoms with Crippen molar-refractivity contribution in [2.45, 2.75) is 57.5 Å². The highest BCUT2D eigenvalue weighted by Crippen LogP contribution is 2.27. The zero-order valence-corrected chi connectivity index (χ0v) is 15.5. The van der Waals surface area contributed by atoms with E-state index in [0.717, 1.165) is 10.8 Å². The summed E-state index contributed by atoms with van der Waals surface area (Å²) in [6, 6.07) is 6.22. The van der Waals surface area contributed by atoms with E-state index in [-0.39, 0.29) is 16.7 Å². The van der Waals surface area contributed by atoms with Crippen LogP contribution in [-0.2, 0) is 4.79 Å². The second-order valence-corrected chi connectivity index (χ2v) is 8.11. The molecule has 0 aliphatic heterocycles. The molecule has 0 fully saturated rings. The summed E-state index contributed by atoms with van der Waals surface area (Å²) in [7, 11) is 0. The third-order valence-corrected chi connectivity index (χ3v) is 4.67. The minimum atomic E-state index is -0.228. The molecule has 1 aromatic heterocycles. The Bertz CT molecular complexity index is 701. The lowest BCUT2D eigenvalue weighted by molar-refractivity contribution is -0.121. The normalized spacial score (nSPS) is 13.0. The predicted molar refractivity (Wildman–Crippen MR) is 96.3 cm³/mol. The fourth-order valence-electron chi connectivity index (χ4n) is 2.24. The molecule has 0 aliphatic rings. The Labute approximate surface area is 142 Å². The van der Waals surface area contributed by atoms with Gasteiger partial charge in [0.25, 0.3) is 0 Å². The van der Waals surface area contributed by atoms with Crippen LogP contribution in [0.4, 0.5) is 0 Å². The summed E-state index contributed by atoms with van der Waals surface area (Å²) < 4.78 is 2.05. The van der Waals surface area contributed by atoms with E-state index >= 15 is 0 Å². The first-order valence-corrected chi connectivity index (χ1v) is 8.65.